The fraction of sp³-hybridized carbons (Fsp3) is 0.412. The van der Waals surface area contributed by atoms with Crippen LogP contribution in [0, 0.1) is 0 Å². The molecule has 0 spiro atoms. The van der Waals surface area contributed by atoms with Gasteiger partial charge in [0, 0.05) is 17.2 Å². The van der Waals surface area contributed by atoms with Gasteiger partial charge in [-0.05, 0) is 43.3 Å². The summed E-state index contributed by atoms with van der Waals surface area (Å²) in [4.78, 5) is 4.73. The number of ether oxygens (including phenoxy) is 2. The van der Waals surface area contributed by atoms with E-state index < -0.39 is 0 Å². The summed E-state index contributed by atoms with van der Waals surface area (Å²) in [5, 5.41) is 15.7. The van der Waals surface area contributed by atoms with Crippen LogP contribution in [0.4, 0.5) is 0 Å². The molecule has 0 radical (unpaired) electrons. The van der Waals surface area contributed by atoms with Crippen LogP contribution in [0.2, 0.25) is 0 Å². The number of aromatic nitrogens is 5. The van der Waals surface area contributed by atoms with Crippen LogP contribution in [0.1, 0.15) is 26.5 Å². The molecule has 3 aromatic rings. The summed E-state index contributed by atoms with van der Waals surface area (Å²) < 4.78 is 12.6. The molecule has 0 aliphatic rings. The number of benzene rings is 1. The Bertz CT molecular complexity index is 885. The van der Waals surface area contributed by atoms with Crippen molar-refractivity contribution in [2.75, 3.05) is 14.2 Å². The lowest BCUT2D eigenvalue weighted by Gasteiger charge is -2.19. The SMILES string of the molecule is COc1ccc(-c2nc(CSc3nnnn3C(C)(C)C)cs2)c(OC)c1. The number of hydrogen-bond acceptors (Lipinski definition) is 8. The average molecular weight is 392 g/mol. The molecule has 9 heteroatoms. The van der Waals surface area contributed by atoms with Crippen molar-refractivity contribution in [3.8, 4) is 22.1 Å². The van der Waals surface area contributed by atoms with E-state index in [1.807, 2.05) is 22.9 Å². The second-order valence-electron chi connectivity index (χ2n) is 6.54. The Hall–Kier alpha value is -2.13. The largest absolute Gasteiger partial charge is 0.497 e. The Kier molecular flexibility index (Phi) is 5.47. The van der Waals surface area contributed by atoms with Crippen molar-refractivity contribution >= 4 is 23.1 Å². The maximum atomic E-state index is 5.48. The average Bonchev–Trinajstić information content (AvgIpc) is 3.28. The minimum atomic E-state index is -0.157. The normalized spacial score (nSPS) is 11.6. The number of thioether (sulfide) groups is 1. The highest BCUT2D eigenvalue weighted by Gasteiger charge is 2.20. The third kappa shape index (κ3) is 3.99. The summed E-state index contributed by atoms with van der Waals surface area (Å²) in [5.41, 5.74) is 1.78. The summed E-state index contributed by atoms with van der Waals surface area (Å²) in [5.74, 6) is 2.20. The van der Waals surface area contributed by atoms with Gasteiger partial charge in [0.1, 0.15) is 16.5 Å². The zero-order chi connectivity index (χ0) is 18.7. The second kappa shape index (κ2) is 7.63. The molecular weight excluding hydrogens is 370 g/mol. The van der Waals surface area contributed by atoms with Gasteiger partial charge in [0.05, 0.1) is 31.0 Å². The topological polar surface area (TPSA) is 75.0 Å². The van der Waals surface area contributed by atoms with Crippen LogP contribution in [0.15, 0.2) is 28.7 Å². The highest BCUT2D eigenvalue weighted by atomic mass is 32.2. The fourth-order valence-electron chi connectivity index (χ4n) is 2.30. The third-order valence-electron chi connectivity index (χ3n) is 3.62. The predicted molar refractivity (Wildman–Crippen MR) is 103 cm³/mol. The van der Waals surface area contributed by atoms with Crippen molar-refractivity contribution in [1.29, 1.82) is 0 Å². The Morgan fingerprint density at radius 3 is 2.69 bits per heavy atom. The molecule has 0 bridgehead atoms. The number of thiazole rings is 1. The monoisotopic (exact) mass is 391 g/mol. The molecule has 0 fully saturated rings. The summed E-state index contributed by atoms with van der Waals surface area (Å²) in [6.45, 7) is 6.22. The van der Waals surface area contributed by atoms with E-state index in [4.69, 9.17) is 14.5 Å². The Morgan fingerprint density at radius 1 is 1.19 bits per heavy atom. The summed E-state index contributed by atoms with van der Waals surface area (Å²) in [7, 11) is 3.29. The van der Waals surface area contributed by atoms with Gasteiger partial charge in [-0.1, -0.05) is 11.8 Å². The first-order valence-electron chi connectivity index (χ1n) is 8.01. The van der Waals surface area contributed by atoms with Crippen LogP contribution >= 0.6 is 23.1 Å². The van der Waals surface area contributed by atoms with Gasteiger partial charge < -0.3 is 9.47 Å². The van der Waals surface area contributed by atoms with Crippen LogP contribution in [-0.2, 0) is 11.3 Å². The van der Waals surface area contributed by atoms with E-state index in [-0.39, 0.29) is 5.54 Å². The van der Waals surface area contributed by atoms with Crippen molar-refractivity contribution in [1.82, 2.24) is 25.2 Å². The smallest absolute Gasteiger partial charge is 0.210 e. The molecular formula is C17H21N5O2S2. The molecule has 26 heavy (non-hydrogen) atoms. The molecule has 2 aromatic heterocycles. The van der Waals surface area contributed by atoms with Gasteiger partial charge >= 0.3 is 0 Å². The number of methoxy groups -OCH3 is 2. The van der Waals surface area contributed by atoms with E-state index in [0.717, 1.165) is 32.9 Å². The van der Waals surface area contributed by atoms with Crippen molar-refractivity contribution < 1.29 is 9.47 Å². The molecule has 0 aliphatic carbocycles. The first-order valence-corrected chi connectivity index (χ1v) is 9.87. The number of hydrogen-bond donors (Lipinski definition) is 0. The molecule has 0 unspecified atom stereocenters. The minimum Gasteiger partial charge on any atom is -0.497 e. The first kappa shape index (κ1) is 18.7. The van der Waals surface area contributed by atoms with Gasteiger partial charge in [-0.25, -0.2) is 9.67 Å². The van der Waals surface area contributed by atoms with Crippen molar-refractivity contribution in [2.24, 2.45) is 0 Å². The van der Waals surface area contributed by atoms with Crippen LogP contribution in [-0.4, -0.2) is 39.4 Å². The van der Waals surface area contributed by atoms with Crippen LogP contribution in [0.25, 0.3) is 10.6 Å². The number of tetrazole rings is 1. The Labute approximate surface area is 160 Å². The fourth-order valence-corrected chi connectivity index (χ4v) is 4.21. The maximum Gasteiger partial charge on any atom is 0.210 e. The molecule has 0 amide bonds. The van der Waals surface area contributed by atoms with Gasteiger partial charge in [-0.3, -0.25) is 0 Å². The minimum absolute atomic E-state index is 0.157. The van der Waals surface area contributed by atoms with E-state index in [9.17, 15) is 0 Å². The quantitative estimate of drug-likeness (QED) is 0.591. The lowest BCUT2D eigenvalue weighted by atomic mass is 10.1. The highest BCUT2D eigenvalue weighted by molar-refractivity contribution is 7.98. The van der Waals surface area contributed by atoms with Gasteiger partial charge in [0.15, 0.2) is 0 Å². The predicted octanol–water partition coefficient (Wildman–Crippen LogP) is 3.86. The molecule has 0 aliphatic heterocycles. The number of nitrogens with zero attached hydrogens (tertiary/aromatic N) is 5. The van der Waals surface area contributed by atoms with E-state index >= 15 is 0 Å². The molecule has 3 rings (SSSR count). The van der Waals surface area contributed by atoms with Crippen molar-refractivity contribution in [3.63, 3.8) is 0 Å². The maximum absolute atomic E-state index is 5.48. The third-order valence-corrected chi connectivity index (χ3v) is 5.49. The second-order valence-corrected chi connectivity index (χ2v) is 8.34. The van der Waals surface area contributed by atoms with Gasteiger partial charge in [-0.15, -0.1) is 16.4 Å². The highest BCUT2D eigenvalue weighted by Crippen LogP contribution is 2.36. The Morgan fingerprint density at radius 2 is 2.00 bits per heavy atom. The summed E-state index contributed by atoms with van der Waals surface area (Å²) in [6.07, 6.45) is 0. The lowest BCUT2D eigenvalue weighted by molar-refractivity contribution is 0.321. The van der Waals surface area contributed by atoms with E-state index in [0.29, 0.717) is 5.75 Å². The molecule has 0 saturated heterocycles. The lowest BCUT2D eigenvalue weighted by Crippen LogP contribution is -2.24. The molecule has 0 saturated carbocycles. The summed E-state index contributed by atoms with van der Waals surface area (Å²) in [6, 6.07) is 5.74. The standard InChI is InChI=1S/C17H21N5O2S2/c1-17(2,3)22-16(19-20-21-22)26-10-11-9-25-15(18-11)13-7-6-12(23-4)8-14(13)24-5/h6-9H,10H2,1-5H3. The van der Waals surface area contributed by atoms with E-state index in [1.54, 1.807) is 37.3 Å². The molecule has 2 heterocycles. The van der Waals surface area contributed by atoms with Crippen molar-refractivity contribution in [3.05, 3.63) is 29.3 Å². The van der Waals surface area contributed by atoms with Crippen LogP contribution in [0.5, 0.6) is 11.5 Å². The molecule has 7 nitrogen and oxygen atoms in total. The van der Waals surface area contributed by atoms with Crippen LogP contribution < -0.4 is 9.47 Å². The van der Waals surface area contributed by atoms with Crippen molar-refractivity contribution in [2.45, 2.75) is 37.2 Å². The van der Waals surface area contributed by atoms with E-state index in [2.05, 4.69) is 41.7 Å². The zero-order valence-electron chi connectivity index (χ0n) is 15.4. The van der Waals surface area contributed by atoms with Crippen LogP contribution in [0.3, 0.4) is 0 Å². The van der Waals surface area contributed by atoms with Gasteiger partial charge in [-0.2, -0.15) is 0 Å². The van der Waals surface area contributed by atoms with Gasteiger partial charge in [0.2, 0.25) is 5.16 Å². The Balaban J connectivity index is 1.76. The molecule has 0 atom stereocenters. The molecule has 138 valence electrons. The van der Waals surface area contributed by atoms with Gasteiger partial charge in [0.25, 0.3) is 0 Å². The number of rotatable bonds is 6. The first-order chi connectivity index (χ1) is 12.4. The summed E-state index contributed by atoms with van der Waals surface area (Å²) >= 11 is 3.17. The zero-order valence-corrected chi connectivity index (χ0v) is 17.0. The molecule has 0 N–H and O–H groups in total. The van der Waals surface area contributed by atoms with E-state index in [1.165, 1.54) is 0 Å². The molecule has 1 aromatic carbocycles.